The molecule has 2 nitrogen and oxygen atoms in total. The summed E-state index contributed by atoms with van der Waals surface area (Å²) in [5.74, 6) is -0.400. The van der Waals surface area contributed by atoms with Gasteiger partial charge in [0, 0.05) is 28.6 Å². The normalized spacial score (nSPS) is 9.95. The van der Waals surface area contributed by atoms with Crippen molar-refractivity contribution in [3.8, 4) is 0 Å². The van der Waals surface area contributed by atoms with Crippen LogP contribution in [-0.2, 0) is 13.0 Å². The van der Waals surface area contributed by atoms with Gasteiger partial charge in [0.05, 0.1) is 0 Å². The minimum atomic E-state index is -0.356. The van der Waals surface area contributed by atoms with Crippen molar-refractivity contribution < 1.29 is 30.7 Å². The molecule has 1 aromatic heterocycles. The molecule has 20 heavy (non-hydrogen) atoms. The van der Waals surface area contributed by atoms with Gasteiger partial charge in [-0.2, -0.15) is 4.57 Å². The topological polar surface area (TPSA) is 20.9 Å². The van der Waals surface area contributed by atoms with Crippen LogP contribution in [0.1, 0.15) is 23.0 Å². The van der Waals surface area contributed by atoms with Crippen LogP contribution in [0.4, 0.5) is 4.39 Å². The van der Waals surface area contributed by atoms with Crippen molar-refractivity contribution in [3.63, 3.8) is 0 Å². The lowest BCUT2D eigenvalue weighted by Gasteiger charge is -2.04. The van der Waals surface area contributed by atoms with Crippen molar-refractivity contribution in [1.82, 2.24) is 0 Å². The molecular weight excluding hydrogens is 389 g/mol. The van der Waals surface area contributed by atoms with E-state index in [1.165, 1.54) is 18.2 Å². The third-order valence-electron chi connectivity index (χ3n) is 2.94. The Hall–Kier alpha value is -1.07. The average Bonchev–Trinajstić information content (AvgIpc) is 2.39. The Morgan fingerprint density at radius 2 is 2.05 bits per heavy atom. The molecule has 0 N–H and O–H groups in total. The number of pyridine rings is 1. The summed E-state index contributed by atoms with van der Waals surface area (Å²) in [5.41, 5.74) is 1.59. The van der Waals surface area contributed by atoms with E-state index >= 15 is 0 Å². The standard InChI is InChI=1S/C15H14BrFNO.BrH/c1-2-12-5-3-4-8-18(12)10-15(19)13-7-6-11(17)9-14(13)16;/h3-9H,2,10H2,1H3;1H/q+1;/p-1. The largest absolute Gasteiger partial charge is 1.00 e. The van der Waals surface area contributed by atoms with E-state index in [4.69, 9.17) is 0 Å². The second kappa shape index (κ2) is 7.64. The summed E-state index contributed by atoms with van der Waals surface area (Å²) >= 11 is 3.23. The number of Topliss-reactive ketones (excluding diaryl/α,β-unsaturated/α-hetero) is 1. The number of benzene rings is 1. The number of hydrogen-bond acceptors (Lipinski definition) is 1. The van der Waals surface area contributed by atoms with Gasteiger partial charge < -0.3 is 17.0 Å². The molecule has 0 aliphatic heterocycles. The van der Waals surface area contributed by atoms with Crippen molar-refractivity contribution in [1.29, 1.82) is 0 Å². The SMILES string of the molecule is CCc1cccc[n+]1CC(=O)c1ccc(F)cc1Br.[Br-]. The summed E-state index contributed by atoms with van der Waals surface area (Å²) in [7, 11) is 0. The first-order valence-corrected chi connectivity index (χ1v) is 6.86. The second-order valence-corrected chi connectivity index (χ2v) is 5.08. The third-order valence-corrected chi connectivity index (χ3v) is 3.60. The number of carbonyl (C=O) groups excluding carboxylic acids is 1. The number of hydrogen-bond donors (Lipinski definition) is 0. The summed E-state index contributed by atoms with van der Waals surface area (Å²) in [6.07, 6.45) is 2.74. The quantitative estimate of drug-likeness (QED) is 0.533. The minimum absolute atomic E-state index is 0. The van der Waals surface area contributed by atoms with Crippen LogP contribution in [0.25, 0.3) is 0 Å². The van der Waals surface area contributed by atoms with Gasteiger partial charge in [-0.05, 0) is 34.1 Å². The van der Waals surface area contributed by atoms with E-state index in [0.29, 0.717) is 10.0 Å². The Bertz CT molecular complexity index is 617. The number of carbonyl (C=O) groups is 1. The fraction of sp³-hybridized carbons (Fsp3) is 0.200. The molecule has 0 amide bonds. The molecule has 0 aliphatic carbocycles. The molecule has 0 saturated carbocycles. The Balaban J connectivity index is 0.00000200. The van der Waals surface area contributed by atoms with E-state index in [1.54, 1.807) is 0 Å². The summed E-state index contributed by atoms with van der Waals surface area (Å²) in [5, 5.41) is 0. The molecule has 5 heteroatoms. The maximum atomic E-state index is 13.0. The van der Waals surface area contributed by atoms with E-state index < -0.39 is 0 Å². The lowest BCUT2D eigenvalue weighted by molar-refractivity contribution is -0.690. The number of nitrogens with zero attached hydrogens (tertiary/aromatic N) is 1. The van der Waals surface area contributed by atoms with Crippen molar-refractivity contribution in [2.75, 3.05) is 0 Å². The molecule has 0 atom stereocenters. The van der Waals surface area contributed by atoms with Gasteiger partial charge in [-0.25, -0.2) is 4.39 Å². The highest BCUT2D eigenvalue weighted by atomic mass is 79.9. The zero-order valence-corrected chi connectivity index (χ0v) is 14.1. The van der Waals surface area contributed by atoms with Gasteiger partial charge in [-0.1, -0.05) is 13.0 Å². The van der Waals surface area contributed by atoms with Gasteiger partial charge in [-0.15, -0.1) is 0 Å². The van der Waals surface area contributed by atoms with Crippen molar-refractivity contribution in [2.45, 2.75) is 19.9 Å². The lowest BCUT2D eigenvalue weighted by Crippen LogP contribution is -3.00. The van der Waals surface area contributed by atoms with Crippen LogP contribution >= 0.6 is 15.9 Å². The zero-order chi connectivity index (χ0) is 13.8. The summed E-state index contributed by atoms with van der Waals surface area (Å²) in [6, 6.07) is 9.96. The number of halogens is 3. The minimum Gasteiger partial charge on any atom is -1.00 e. The molecule has 0 spiro atoms. The summed E-state index contributed by atoms with van der Waals surface area (Å²) in [4.78, 5) is 12.2. The second-order valence-electron chi connectivity index (χ2n) is 4.22. The summed E-state index contributed by atoms with van der Waals surface area (Å²) in [6.45, 7) is 2.30. The van der Waals surface area contributed by atoms with Crippen LogP contribution in [0.3, 0.4) is 0 Å². The molecule has 2 rings (SSSR count). The first-order chi connectivity index (χ1) is 9.11. The van der Waals surface area contributed by atoms with Gasteiger partial charge in [0.2, 0.25) is 12.3 Å². The molecule has 0 saturated heterocycles. The molecule has 0 fully saturated rings. The zero-order valence-electron chi connectivity index (χ0n) is 10.9. The molecule has 1 heterocycles. The summed E-state index contributed by atoms with van der Waals surface area (Å²) < 4.78 is 15.4. The lowest BCUT2D eigenvalue weighted by atomic mass is 10.1. The predicted molar refractivity (Wildman–Crippen MR) is 74.4 cm³/mol. The molecule has 0 aliphatic rings. The van der Waals surface area contributed by atoms with Crippen LogP contribution in [0.2, 0.25) is 0 Å². The number of aromatic nitrogens is 1. The monoisotopic (exact) mass is 401 g/mol. The maximum Gasteiger partial charge on any atom is 0.228 e. The van der Waals surface area contributed by atoms with E-state index in [9.17, 15) is 9.18 Å². The molecular formula is C15H14Br2FNO. The van der Waals surface area contributed by atoms with Gasteiger partial charge in [0.1, 0.15) is 5.82 Å². The van der Waals surface area contributed by atoms with Crippen molar-refractivity contribution in [2.24, 2.45) is 0 Å². The average molecular weight is 403 g/mol. The Labute approximate surface area is 136 Å². The van der Waals surface area contributed by atoms with E-state index in [2.05, 4.69) is 15.9 Å². The van der Waals surface area contributed by atoms with Crippen LogP contribution in [0.15, 0.2) is 47.1 Å². The predicted octanol–water partition coefficient (Wildman–Crippen LogP) is 0.325. The molecule has 0 bridgehead atoms. The Kier molecular flexibility index (Phi) is 6.49. The van der Waals surface area contributed by atoms with Crippen molar-refractivity contribution >= 4 is 21.7 Å². The van der Waals surface area contributed by atoms with Gasteiger partial charge in [-0.3, -0.25) is 4.79 Å². The van der Waals surface area contributed by atoms with Gasteiger partial charge >= 0.3 is 0 Å². The fourth-order valence-electron chi connectivity index (χ4n) is 1.94. The van der Waals surface area contributed by atoms with E-state index in [1.807, 2.05) is 35.9 Å². The first kappa shape index (κ1) is 17.0. The van der Waals surface area contributed by atoms with Crippen molar-refractivity contribution in [3.05, 3.63) is 64.1 Å². The Morgan fingerprint density at radius 3 is 2.70 bits per heavy atom. The Morgan fingerprint density at radius 1 is 1.30 bits per heavy atom. The highest BCUT2D eigenvalue weighted by Gasteiger charge is 2.17. The first-order valence-electron chi connectivity index (χ1n) is 6.07. The van der Waals surface area contributed by atoms with E-state index in [0.717, 1.165) is 12.1 Å². The number of rotatable bonds is 4. The molecule has 0 unspecified atom stereocenters. The number of ketones is 1. The highest BCUT2D eigenvalue weighted by molar-refractivity contribution is 9.10. The van der Waals surface area contributed by atoms with Crippen LogP contribution in [0.5, 0.6) is 0 Å². The van der Waals surface area contributed by atoms with E-state index in [-0.39, 0.29) is 35.1 Å². The maximum absolute atomic E-state index is 13.0. The van der Waals surface area contributed by atoms with Gasteiger partial charge in [0.15, 0.2) is 11.9 Å². The van der Waals surface area contributed by atoms with Crippen LogP contribution < -0.4 is 21.5 Å². The molecule has 2 aromatic rings. The smallest absolute Gasteiger partial charge is 0.228 e. The molecule has 1 aromatic carbocycles. The van der Waals surface area contributed by atoms with Gasteiger partial charge in [0.25, 0.3) is 0 Å². The fourth-order valence-corrected chi connectivity index (χ4v) is 2.51. The molecule has 106 valence electrons. The van der Waals surface area contributed by atoms with Crippen LogP contribution in [0, 0.1) is 5.82 Å². The number of aryl methyl sites for hydroxylation is 1. The highest BCUT2D eigenvalue weighted by Crippen LogP contribution is 2.18. The third kappa shape index (κ3) is 3.96. The van der Waals surface area contributed by atoms with Crippen LogP contribution in [-0.4, -0.2) is 5.78 Å². The molecule has 0 radical (unpaired) electrons.